The van der Waals surface area contributed by atoms with Crippen LogP contribution in [0.25, 0.3) is 16.8 Å². The lowest BCUT2D eigenvalue weighted by Gasteiger charge is -2.28. The molecule has 252 valence electrons. The summed E-state index contributed by atoms with van der Waals surface area (Å²) in [5.41, 5.74) is -1.47. The van der Waals surface area contributed by atoms with Crippen LogP contribution in [0.2, 0.25) is 5.02 Å². The first-order valence-electron chi connectivity index (χ1n) is 15.0. The maximum absolute atomic E-state index is 14.7. The molecule has 0 bridgehead atoms. The van der Waals surface area contributed by atoms with Crippen LogP contribution in [0.15, 0.2) is 99.9 Å². The van der Waals surface area contributed by atoms with Crippen LogP contribution in [-0.2, 0) is 16.1 Å². The average Bonchev–Trinajstić information content (AvgIpc) is 3.40. The van der Waals surface area contributed by atoms with Crippen molar-refractivity contribution in [1.29, 1.82) is 0 Å². The summed E-state index contributed by atoms with van der Waals surface area (Å²) in [5.74, 6) is -0.519. The highest BCUT2D eigenvalue weighted by atomic mass is 35.5. The molecule has 0 saturated carbocycles. The minimum atomic E-state index is -5.07. The summed E-state index contributed by atoms with van der Waals surface area (Å²) >= 11 is 7.35. The smallest absolute Gasteiger partial charge is 0.434 e. The molecule has 0 amide bonds. The molecule has 6 rings (SSSR count). The second-order valence-electron chi connectivity index (χ2n) is 10.8. The Hall–Kier alpha value is -5.07. The number of allylic oxidation sites excluding steroid dienone is 1. The van der Waals surface area contributed by atoms with Gasteiger partial charge >= 0.3 is 12.1 Å². The van der Waals surface area contributed by atoms with Crippen molar-refractivity contribution in [1.82, 2.24) is 4.57 Å². The number of carbonyl (C=O) groups is 1. The highest BCUT2D eigenvalue weighted by molar-refractivity contribution is 7.07. The van der Waals surface area contributed by atoms with Crippen LogP contribution < -0.4 is 29.1 Å². The van der Waals surface area contributed by atoms with Gasteiger partial charge in [-0.15, -0.1) is 0 Å². The number of aromatic nitrogens is 1. The normalized spacial score (nSPS) is 14.8. The van der Waals surface area contributed by atoms with Crippen LogP contribution in [0.3, 0.4) is 0 Å². The molecule has 13 heteroatoms. The fourth-order valence-corrected chi connectivity index (χ4v) is 6.97. The van der Waals surface area contributed by atoms with E-state index in [1.807, 2.05) is 30.3 Å². The quantitative estimate of drug-likeness (QED) is 0.158. The van der Waals surface area contributed by atoms with Crippen LogP contribution in [0.5, 0.6) is 17.2 Å². The number of hydrogen-bond donors (Lipinski definition) is 0. The second-order valence-corrected chi connectivity index (χ2v) is 12.2. The number of carbonyl (C=O) groups excluding carboxylic acids is 1. The Bertz CT molecular complexity index is 2280. The molecular weight excluding hydrogens is 681 g/mol. The van der Waals surface area contributed by atoms with Gasteiger partial charge in [0.05, 0.1) is 36.0 Å². The minimum Gasteiger partial charge on any atom is -0.496 e. The average molecular weight is 709 g/mol. The van der Waals surface area contributed by atoms with E-state index < -0.39 is 35.0 Å². The molecule has 0 N–H and O–H groups in total. The van der Waals surface area contributed by atoms with Gasteiger partial charge in [-0.3, -0.25) is 9.36 Å². The summed E-state index contributed by atoms with van der Waals surface area (Å²) in [6.45, 7) is 1.49. The summed E-state index contributed by atoms with van der Waals surface area (Å²) in [5, 5.41) is 1.33. The lowest BCUT2D eigenvalue weighted by atomic mass is 9.90. The van der Waals surface area contributed by atoms with Gasteiger partial charge in [0.1, 0.15) is 18.4 Å². The highest BCUT2D eigenvalue weighted by Crippen LogP contribution is 2.44. The van der Waals surface area contributed by atoms with E-state index in [4.69, 9.17) is 30.5 Å². The summed E-state index contributed by atoms with van der Waals surface area (Å²) in [6, 6.07) is 21.3. The number of benzene rings is 4. The third-order valence-electron chi connectivity index (χ3n) is 7.79. The summed E-state index contributed by atoms with van der Waals surface area (Å²) in [7, 11) is 2.80. The molecule has 0 spiro atoms. The number of halogens is 4. The van der Waals surface area contributed by atoms with E-state index in [0.717, 1.165) is 21.5 Å². The monoisotopic (exact) mass is 708 g/mol. The molecule has 5 aromatic rings. The van der Waals surface area contributed by atoms with Crippen molar-refractivity contribution in [2.24, 2.45) is 4.99 Å². The van der Waals surface area contributed by atoms with Crippen LogP contribution in [0, 0.1) is 0 Å². The van der Waals surface area contributed by atoms with Crippen LogP contribution in [-0.4, -0.2) is 37.5 Å². The molecule has 0 aliphatic carbocycles. The SMILES string of the molecule is CCOC(=O)C1=C(C(F)(F)F)N=c2s/c(=C\c3cc(Cl)c(OCc4ccccc4)c(OC)c3)c(=O)n2[C@@H]1c1c(OC)ccc2ccccc12. The van der Waals surface area contributed by atoms with Crippen molar-refractivity contribution in [3.8, 4) is 17.2 Å². The Kier molecular flexibility index (Phi) is 9.53. The first-order valence-corrected chi connectivity index (χ1v) is 16.1. The molecule has 0 fully saturated rings. The highest BCUT2D eigenvalue weighted by Gasteiger charge is 2.46. The first kappa shape index (κ1) is 33.8. The molecule has 8 nitrogen and oxygen atoms in total. The van der Waals surface area contributed by atoms with Gasteiger partial charge in [-0.05, 0) is 53.1 Å². The van der Waals surface area contributed by atoms with Gasteiger partial charge in [0.25, 0.3) is 5.56 Å². The second kappa shape index (κ2) is 13.8. The van der Waals surface area contributed by atoms with Crippen molar-refractivity contribution < 1.29 is 36.9 Å². The zero-order valence-electron chi connectivity index (χ0n) is 26.3. The topological polar surface area (TPSA) is 88.4 Å². The van der Waals surface area contributed by atoms with Crippen molar-refractivity contribution >= 4 is 45.8 Å². The summed E-state index contributed by atoms with van der Waals surface area (Å²) in [6.07, 6.45) is -3.60. The number of fused-ring (bicyclic) bond motifs is 2. The lowest BCUT2D eigenvalue weighted by Crippen LogP contribution is -2.41. The van der Waals surface area contributed by atoms with Gasteiger partial charge in [-0.25, -0.2) is 9.79 Å². The van der Waals surface area contributed by atoms with E-state index in [2.05, 4.69) is 4.99 Å². The Morgan fingerprint density at radius 1 is 1.00 bits per heavy atom. The van der Waals surface area contributed by atoms with Crippen molar-refractivity contribution in [3.05, 3.63) is 132 Å². The van der Waals surface area contributed by atoms with E-state index in [9.17, 15) is 22.8 Å². The van der Waals surface area contributed by atoms with Crippen molar-refractivity contribution in [2.75, 3.05) is 20.8 Å². The number of hydrogen-bond acceptors (Lipinski definition) is 8. The summed E-state index contributed by atoms with van der Waals surface area (Å²) < 4.78 is 67.6. The van der Waals surface area contributed by atoms with Gasteiger partial charge in [-0.1, -0.05) is 83.6 Å². The zero-order chi connectivity index (χ0) is 34.9. The molecule has 1 atom stereocenters. The van der Waals surface area contributed by atoms with Crippen molar-refractivity contribution in [3.63, 3.8) is 0 Å². The third-order valence-corrected chi connectivity index (χ3v) is 9.06. The Morgan fingerprint density at radius 3 is 2.41 bits per heavy atom. The Labute approximate surface area is 286 Å². The molecular formula is C36H28ClF3N2O6S. The van der Waals surface area contributed by atoms with E-state index >= 15 is 0 Å². The van der Waals surface area contributed by atoms with E-state index in [0.29, 0.717) is 16.3 Å². The molecule has 0 unspecified atom stereocenters. The van der Waals surface area contributed by atoms with Gasteiger partial charge in [-0.2, -0.15) is 13.2 Å². The van der Waals surface area contributed by atoms with E-state index in [-0.39, 0.29) is 50.4 Å². The third kappa shape index (κ3) is 6.53. The number of methoxy groups -OCH3 is 2. The van der Waals surface area contributed by atoms with E-state index in [1.54, 1.807) is 48.5 Å². The van der Waals surface area contributed by atoms with Crippen LogP contribution in [0.4, 0.5) is 13.2 Å². The predicted molar refractivity (Wildman–Crippen MR) is 180 cm³/mol. The maximum Gasteiger partial charge on any atom is 0.434 e. The van der Waals surface area contributed by atoms with Gasteiger partial charge in [0.2, 0.25) is 0 Å². The molecule has 49 heavy (non-hydrogen) atoms. The number of rotatable bonds is 9. The Balaban J connectivity index is 1.57. The maximum atomic E-state index is 14.7. The van der Waals surface area contributed by atoms with Crippen molar-refractivity contribution in [2.45, 2.75) is 25.7 Å². The Morgan fingerprint density at radius 2 is 1.71 bits per heavy atom. The van der Waals surface area contributed by atoms with Gasteiger partial charge in [0, 0.05) is 5.56 Å². The fourth-order valence-electron chi connectivity index (χ4n) is 5.69. The van der Waals surface area contributed by atoms with Crippen LogP contribution in [0.1, 0.15) is 29.7 Å². The number of thiazole rings is 1. The number of nitrogens with zero attached hydrogens (tertiary/aromatic N) is 2. The largest absolute Gasteiger partial charge is 0.496 e. The molecule has 0 saturated heterocycles. The minimum absolute atomic E-state index is 0.0330. The molecule has 1 aromatic heterocycles. The number of ether oxygens (including phenoxy) is 4. The first-order chi connectivity index (χ1) is 23.5. The van der Waals surface area contributed by atoms with Gasteiger partial charge in [0.15, 0.2) is 22.0 Å². The lowest BCUT2D eigenvalue weighted by molar-refractivity contribution is -0.140. The predicted octanol–water partition coefficient (Wildman–Crippen LogP) is 6.74. The molecule has 0 radical (unpaired) electrons. The van der Waals surface area contributed by atoms with Crippen LogP contribution >= 0.6 is 22.9 Å². The summed E-state index contributed by atoms with van der Waals surface area (Å²) in [4.78, 5) is 31.3. The number of alkyl halides is 3. The molecule has 1 aliphatic heterocycles. The van der Waals surface area contributed by atoms with Gasteiger partial charge < -0.3 is 18.9 Å². The molecule has 2 heterocycles. The standard InChI is InChI=1S/C36H28ClF3N2O6S/c1-4-47-34(44)29-30(28-23-13-9-8-12-22(23)14-15-25(28)45-2)42-33(43)27(49-35(42)41-32(29)36(38,39)40)18-21-16-24(37)31(26(17-21)46-3)48-19-20-10-6-5-7-11-20/h5-18,30H,4,19H2,1-3H3/b27-18-/t30-/m1/s1. The number of esters is 1. The molecule has 1 aliphatic rings. The zero-order valence-corrected chi connectivity index (χ0v) is 27.9. The fraction of sp³-hybridized carbons (Fsp3) is 0.194. The molecule has 4 aromatic carbocycles. The van der Waals surface area contributed by atoms with E-state index in [1.165, 1.54) is 27.2 Å².